The predicted molar refractivity (Wildman–Crippen MR) is 95.4 cm³/mol. The van der Waals surface area contributed by atoms with Gasteiger partial charge in [0.25, 0.3) is 5.91 Å². The Bertz CT molecular complexity index is 717. The second kappa shape index (κ2) is 8.27. The van der Waals surface area contributed by atoms with Gasteiger partial charge in [0.05, 0.1) is 0 Å². The summed E-state index contributed by atoms with van der Waals surface area (Å²) in [4.78, 5) is 12.1. The van der Waals surface area contributed by atoms with Gasteiger partial charge in [-0.2, -0.15) is 4.31 Å². The third kappa shape index (κ3) is 4.39. The van der Waals surface area contributed by atoms with Gasteiger partial charge in [0.15, 0.2) is 0 Å². The molecule has 2 rings (SSSR count). The SMILES string of the molecule is CCN(CC)S(=O)(=O)c1cc(C(=O)NC2CCCCC2C)ccc1F. The number of benzene rings is 1. The highest BCUT2D eigenvalue weighted by atomic mass is 32.2. The molecule has 2 atom stereocenters. The van der Waals surface area contributed by atoms with Crippen LogP contribution in [-0.2, 0) is 10.0 Å². The first-order chi connectivity index (χ1) is 11.8. The molecule has 0 spiro atoms. The van der Waals surface area contributed by atoms with E-state index >= 15 is 0 Å². The molecule has 1 aliphatic carbocycles. The van der Waals surface area contributed by atoms with Crippen molar-refractivity contribution >= 4 is 15.9 Å². The highest BCUT2D eigenvalue weighted by molar-refractivity contribution is 7.89. The Morgan fingerprint density at radius 3 is 2.48 bits per heavy atom. The number of nitrogens with zero attached hydrogens (tertiary/aromatic N) is 1. The van der Waals surface area contributed by atoms with Crippen LogP contribution in [0.15, 0.2) is 23.1 Å². The zero-order valence-electron chi connectivity index (χ0n) is 15.1. The lowest BCUT2D eigenvalue weighted by atomic mass is 9.86. The molecule has 1 aromatic carbocycles. The number of hydrogen-bond donors (Lipinski definition) is 1. The van der Waals surface area contributed by atoms with Crippen LogP contribution in [0.2, 0.25) is 0 Å². The Hall–Kier alpha value is -1.47. The van der Waals surface area contributed by atoms with E-state index in [9.17, 15) is 17.6 Å². The molecule has 0 saturated heterocycles. The van der Waals surface area contributed by atoms with Crippen molar-refractivity contribution in [1.82, 2.24) is 9.62 Å². The first kappa shape index (κ1) is 19.8. The van der Waals surface area contributed by atoms with Gasteiger partial charge >= 0.3 is 0 Å². The lowest BCUT2D eigenvalue weighted by Crippen LogP contribution is -2.41. The molecule has 1 aromatic rings. The average Bonchev–Trinajstić information content (AvgIpc) is 2.58. The summed E-state index contributed by atoms with van der Waals surface area (Å²) >= 11 is 0. The van der Waals surface area contributed by atoms with E-state index in [2.05, 4.69) is 12.2 Å². The fourth-order valence-corrected chi connectivity index (χ4v) is 4.88. The van der Waals surface area contributed by atoms with Crippen LogP contribution in [0.4, 0.5) is 4.39 Å². The van der Waals surface area contributed by atoms with Gasteiger partial charge in [-0.15, -0.1) is 0 Å². The van der Waals surface area contributed by atoms with Gasteiger partial charge in [-0.25, -0.2) is 12.8 Å². The van der Waals surface area contributed by atoms with E-state index < -0.39 is 20.7 Å². The van der Waals surface area contributed by atoms with Crippen molar-refractivity contribution in [3.8, 4) is 0 Å². The summed E-state index contributed by atoms with van der Waals surface area (Å²) in [6, 6.07) is 3.61. The van der Waals surface area contributed by atoms with E-state index in [1.165, 1.54) is 10.4 Å². The maximum absolute atomic E-state index is 14.1. The Balaban J connectivity index is 2.27. The summed E-state index contributed by atoms with van der Waals surface area (Å²) in [5, 5.41) is 2.97. The maximum atomic E-state index is 14.1. The number of sulfonamides is 1. The molecule has 2 unspecified atom stereocenters. The summed E-state index contributed by atoms with van der Waals surface area (Å²) in [6.07, 6.45) is 4.21. The maximum Gasteiger partial charge on any atom is 0.251 e. The third-order valence-corrected chi connectivity index (χ3v) is 7.01. The van der Waals surface area contributed by atoms with Crippen molar-refractivity contribution < 1.29 is 17.6 Å². The van der Waals surface area contributed by atoms with Gasteiger partial charge in [0.2, 0.25) is 10.0 Å². The molecule has 7 heteroatoms. The van der Waals surface area contributed by atoms with E-state index in [1.54, 1.807) is 13.8 Å². The standard InChI is InChI=1S/C18H27FN2O3S/c1-4-21(5-2)25(23,24)17-12-14(10-11-15(17)19)18(22)20-16-9-7-6-8-13(16)3/h10-13,16H,4-9H2,1-3H3,(H,20,22). The van der Waals surface area contributed by atoms with Gasteiger partial charge in [0, 0.05) is 24.7 Å². The van der Waals surface area contributed by atoms with Crippen LogP contribution in [0, 0.1) is 11.7 Å². The molecule has 1 saturated carbocycles. The third-order valence-electron chi connectivity index (χ3n) is 4.94. The minimum Gasteiger partial charge on any atom is -0.349 e. The number of amides is 1. The number of halogens is 1. The topological polar surface area (TPSA) is 66.5 Å². The van der Waals surface area contributed by atoms with Crippen molar-refractivity contribution in [1.29, 1.82) is 0 Å². The van der Waals surface area contributed by atoms with Gasteiger partial charge in [-0.05, 0) is 37.0 Å². The second-order valence-corrected chi connectivity index (χ2v) is 8.48. The lowest BCUT2D eigenvalue weighted by molar-refractivity contribution is 0.0910. The van der Waals surface area contributed by atoms with Crippen molar-refractivity contribution in [3.63, 3.8) is 0 Å². The molecule has 1 aliphatic rings. The molecule has 0 radical (unpaired) electrons. The van der Waals surface area contributed by atoms with E-state index in [0.717, 1.165) is 37.8 Å². The molecule has 5 nitrogen and oxygen atoms in total. The summed E-state index contributed by atoms with van der Waals surface area (Å²) in [7, 11) is -3.95. The van der Waals surface area contributed by atoms with Crippen molar-refractivity contribution in [3.05, 3.63) is 29.6 Å². The zero-order valence-corrected chi connectivity index (χ0v) is 15.9. The Labute approximate surface area is 149 Å². The van der Waals surface area contributed by atoms with Gasteiger partial charge in [-0.3, -0.25) is 4.79 Å². The van der Waals surface area contributed by atoms with Crippen LogP contribution in [0.25, 0.3) is 0 Å². The number of carbonyl (C=O) groups excluding carboxylic acids is 1. The fraction of sp³-hybridized carbons (Fsp3) is 0.611. The highest BCUT2D eigenvalue weighted by Gasteiger charge is 2.28. The number of nitrogens with one attached hydrogen (secondary N) is 1. The van der Waals surface area contributed by atoms with Crippen LogP contribution in [0.1, 0.15) is 56.8 Å². The van der Waals surface area contributed by atoms with E-state index in [-0.39, 0.29) is 30.6 Å². The number of rotatable bonds is 6. The van der Waals surface area contributed by atoms with Crippen LogP contribution in [-0.4, -0.2) is 37.8 Å². The normalized spacial score (nSPS) is 21.3. The molecule has 0 aromatic heterocycles. The minimum atomic E-state index is -3.95. The van der Waals surface area contributed by atoms with E-state index in [0.29, 0.717) is 5.92 Å². The Morgan fingerprint density at radius 1 is 1.24 bits per heavy atom. The highest BCUT2D eigenvalue weighted by Crippen LogP contribution is 2.25. The van der Waals surface area contributed by atoms with Crippen molar-refractivity contribution in [2.75, 3.05) is 13.1 Å². The van der Waals surface area contributed by atoms with Crippen LogP contribution in [0.5, 0.6) is 0 Å². The van der Waals surface area contributed by atoms with Crippen molar-refractivity contribution in [2.45, 2.75) is 57.4 Å². The molecule has 25 heavy (non-hydrogen) atoms. The molecule has 1 N–H and O–H groups in total. The van der Waals surface area contributed by atoms with E-state index in [4.69, 9.17) is 0 Å². The Morgan fingerprint density at radius 2 is 1.88 bits per heavy atom. The molecular weight excluding hydrogens is 343 g/mol. The molecule has 1 fully saturated rings. The fourth-order valence-electron chi connectivity index (χ4n) is 3.33. The summed E-state index contributed by atoms with van der Waals surface area (Å²) in [6.45, 7) is 5.98. The minimum absolute atomic E-state index is 0.0779. The molecule has 0 bridgehead atoms. The van der Waals surface area contributed by atoms with Crippen LogP contribution >= 0.6 is 0 Å². The predicted octanol–water partition coefficient (Wildman–Crippen LogP) is 3.16. The first-order valence-electron chi connectivity index (χ1n) is 8.91. The molecule has 0 aliphatic heterocycles. The lowest BCUT2D eigenvalue weighted by Gasteiger charge is -2.29. The van der Waals surface area contributed by atoms with Crippen LogP contribution in [0.3, 0.4) is 0 Å². The Kier molecular flexibility index (Phi) is 6.57. The largest absolute Gasteiger partial charge is 0.349 e. The van der Waals surface area contributed by atoms with Gasteiger partial charge in [-0.1, -0.05) is 33.6 Å². The molecule has 0 heterocycles. The molecular formula is C18H27FN2O3S. The summed E-state index contributed by atoms with van der Waals surface area (Å²) in [5.74, 6) is -0.804. The summed E-state index contributed by atoms with van der Waals surface area (Å²) in [5.41, 5.74) is 0.171. The second-order valence-electron chi connectivity index (χ2n) is 6.58. The summed E-state index contributed by atoms with van der Waals surface area (Å²) < 4.78 is 40.5. The quantitative estimate of drug-likeness (QED) is 0.836. The molecule has 140 valence electrons. The first-order valence-corrected chi connectivity index (χ1v) is 10.4. The molecule has 1 amide bonds. The van der Waals surface area contributed by atoms with Crippen molar-refractivity contribution in [2.24, 2.45) is 5.92 Å². The number of carbonyl (C=O) groups is 1. The monoisotopic (exact) mass is 370 g/mol. The van der Waals surface area contributed by atoms with E-state index in [1.807, 2.05) is 0 Å². The van der Waals surface area contributed by atoms with Gasteiger partial charge < -0.3 is 5.32 Å². The van der Waals surface area contributed by atoms with Crippen LogP contribution < -0.4 is 5.32 Å². The smallest absolute Gasteiger partial charge is 0.251 e. The average molecular weight is 370 g/mol. The zero-order chi connectivity index (χ0) is 18.6. The number of hydrogen-bond acceptors (Lipinski definition) is 3. The van der Waals surface area contributed by atoms with Gasteiger partial charge in [0.1, 0.15) is 10.7 Å².